The molecule has 1 N–H and O–H groups in total. The van der Waals surface area contributed by atoms with Crippen molar-refractivity contribution in [3.8, 4) is 17.6 Å². The average Bonchev–Trinajstić information content (AvgIpc) is 2.89. The Bertz CT molecular complexity index is 1540. The van der Waals surface area contributed by atoms with E-state index in [0.29, 0.717) is 22.6 Å². The maximum absolute atomic E-state index is 13.0. The van der Waals surface area contributed by atoms with Gasteiger partial charge in [-0.15, -0.1) is 0 Å². The number of anilines is 1. The van der Waals surface area contributed by atoms with Gasteiger partial charge in [-0.25, -0.2) is 4.79 Å². The molecule has 4 rings (SSSR count). The Morgan fingerprint density at radius 3 is 2.42 bits per heavy atom. The molecule has 4 aromatic carbocycles. The Morgan fingerprint density at radius 1 is 0.889 bits per heavy atom. The topological polar surface area (TPSA) is 88.4 Å². The van der Waals surface area contributed by atoms with E-state index >= 15 is 0 Å². The van der Waals surface area contributed by atoms with Gasteiger partial charge < -0.3 is 14.8 Å². The predicted molar refractivity (Wildman–Crippen MR) is 140 cm³/mol. The second kappa shape index (κ2) is 10.6. The largest absolute Gasteiger partial charge is 0.493 e. The number of benzene rings is 4. The maximum Gasteiger partial charge on any atom is 0.344 e. The van der Waals surface area contributed by atoms with Gasteiger partial charge in [-0.1, -0.05) is 48.5 Å². The van der Waals surface area contributed by atoms with Gasteiger partial charge in [-0.2, -0.15) is 5.26 Å². The number of esters is 1. The summed E-state index contributed by atoms with van der Waals surface area (Å²) in [5.41, 5.74) is 3.56. The van der Waals surface area contributed by atoms with Crippen LogP contribution in [0.3, 0.4) is 0 Å². The lowest BCUT2D eigenvalue weighted by Crippen LogP contribution is -2.13. The van der Waals surface area contributed by atoms with Crippen LogP contribution >= 0.6 is 0 Å². The first-order chi connectivity index (χ1) is 17.4. The summed E-state index contributed by atoms with van der Waals surface area (Å²) < 4.78 is 11.1. The van der Waals surface area contributed by atoms with Crippen LogP contribution in [0.25, 0.3) is 16.8 Å². The molecule has 1 amide bonds. The van der Waals surface area contributed by atoms with Gasteiger partial charge in [-0.3, -0.25) is 4.79 Å². The predicted octanol–water partition coefficient (Wildman–Crippen LogP) is 6.23. The number of rotatable bonds is 6. The van der Waals surface area contributed by atoms with Gasteiger partial charge >= 0.3 is 5.97 Å². The molecule has 0 aromatic heterocycles. The van der Waals surface area contributed by atoms with Gasteiger partial charge in [0.2, 0.25) is 0 Å². The highest BCUT2D eigenvalue weighted by molar-refractivity contribution is 6.10. The van der Waals surface area contributed by atoms with Crippen molar-refractivity contribution in [1.29, 1.82) is 5.26 Å². The van der Waals surface area contributed by atoms with Gasteiger partial charge in [-0.05, 0) is 77.7 Å². The summed E-state index contributed by atoms with van der Waals surface area (Å²) >= 11 is 0. The summed E-state index contributed by atoms with van der Waals surface area (Å²) in [6.45, 7) is 3.93. The molecule has 4 aromatic rings. The highest BCUT2D eigenvalue weighted by Gasteiger charge is 2.16. The minimum Gasteiger partial charge on any atom is -0.493 e. The third-order valence-corrected chi connectivity index (χ3v) is 5.84. The molecule has 0 atom stereocenters. The zero-order valence-corrected chi connectivity index (χ0v) is 20.2. The Kier molecular flexibility index (Phi) is 7.12. The summed E-state index contributed by atoms with van der Waals surface area (Å²) in [7, 11) is 1.47. The molecule has 0 aliphatic carbocycles. The van der Waals surface area contributed by atoms with Gasteiger partial charge in [0.25, 0.3) is 5.91 Å². The van der Waals surface area contributed by atoms with E-state index in [1.807, 2.05) is 62.4 Å². The molecule has 0 aliphatic rings. The molecule has 6 heteroatoms. The van der Waals surface area contributed by atoms with Gasteiger partial charge in [0.1, 0.15) is 11.6 Å². The van der Waals surface area contributed by atoms with Gasteiger partial charge in [0.05, 0.1) is 12.7 Å². The molecule has 0 unspecified atom stereocenters. The quantitative estimate of drug-likeness (QED) is 0.154. The first-order valence-electron chi connectivity index (χ1n) is 11.3. The summed E-state index contributed by atoms with van der Waals surface area (Å²) in [5.74, 6) is -0.556. The van der Waals surface area contributed by atoms with E-state index in [-0.39, 0.29) is 11.3 Å². The van der Waals surface area contributed by atoms with Crippen LogP contribution in [0.5, 0.6) is 11.5 Å². The van der Waals surface area contributed by atoms with E-state index in [1.54, 1.807) is 36.4 Å². The maximum atomic E-state index is 13.0. The van der Waals surface area contributed by atoms with E-state index in [0.717, 1.165) is 21.9 Å². The normalized spacial score (nSPS) is 11.0. The fourth-order valence-electron chi connectivity index (χ4n) is 3.75. The van der Waals surface area contributed by atoms with Crippen LogP contribution in [0, 0.1) is 25.2 Å². The van der Waals surface area contributed by atoms with Crippen LogP contribution in [-0.4, -0.2) is 19.0 Å². The first-order valence-corrected chi connectivity index (χ1v) is 11.3. The van der Waals surface area contributed by atoms with Crippen LogP contribution in [0.1, 0.15) is 27.0 Å². The standard InChI is InChI=1S/C30H24N2O4/c1-19-11-13-24(15-20(19)2)32-29(33)23(18-31)16-21-12-14-27(35-3)28(17-21)36-30(34)26-10-6-8-22-7-4-5-9-25(22)26/h4-17H,1-3H3,(H,32,33). The second-order valence-corrected chi connectivity index (χ2v) is 8.25. The van der Waals surface area contributed by atoms with Crippen LogP contribution in [0.4, 0.5) is 5.69 Å². The number of aryl methyl sites for hydroxylation is 2. The number of ether oxygens (including phenoxy) is 2. The minimum atomic E-state index is -0.542. The number of fused-ring (bicyclic) bond motifs is 1. The lowest BCUT2D eigenvalue weighted by atomic mass is 10.0. The Morgan fingerprint density at radius 2 is 1.67 bits per heavy atom. The van der Waals surface area contributed by atoms with Crippen molar-refractivity contribution in [2.24, 2.45) is 0 Å². The van der Waals surface area contributed by atoms with Crippen molar-refractivity contribution in [1.82, 2.24) is 0 Å². The van der Waals surface area contributed by atoms with Crippen LogP contribution in [-0.2, 0) is 4.79 Å². The average molecular weight is 477 g/mol. The summed E-state index contributed by atoms with van der Waals surface area (Å²) in [6, 6.07) is 25.3. The van der Waals surface area contributed by atoms with Crippen LogP contribution in [0.2, 0.25) is 0 Å². The highest BCUT2D eigenvalue weighted by Crippen LogP contribution is 2.31. The van der Waals surface area contributed by atoms with Crippen molar-refractivity contribution in [3.63, 3.8) is 0 Å². The smallest absolute Gasteiger partial charge is 0.344 e. The fourth-order valence-corrected chi connectivity index (χ4v) is 3.75. The van der Waals surface area contributed by atoms with Crippen molar-refractivity contribution in [2.75, 3.05) is 12.4 Å². The Hall–Kier alpha value is -4.89. The zero-order valence-electron chi connectivity index (χ0n) is 20.2. The molecule has 0 saturated carbocycles. The zero-order chi connectivity index (χ0) is 25.7. The van der Waals surface area contributed by atoms with E-state index in [4.69, 9.17) is 9.47 Å². The number of methoxy groups -OCH3 is 1. The summed E-state index contributed by atoms with van der Waals surface area (Å²) in [5, 5.41) is 14.1. The lowest BCUT2D eigenvalue weighted by Gasteiger charge is -2.12. The second-order valence-electron chi connectivity index (χ2n) is 8.25. The molecule has 0 radical (unpaired) electrons. The molecule has 178 valence electrons. The highest BCUT2D eigenvalue weighted by atomic mass is 16.6. The fraction of sp³-hybridized carbons (Fsp3) is 0.100. The minimum absolute atomic E-state index is 0.0928. The monoisotopic (exact) mass is 476 g/mol. The van der Waals surface area contributed by atoms with Crippen molar-refractivity contribution in [3.05, 3.63) is 107 Å². The first kappa shape index (κ1) is 24.2. The number of nitrogens with one attached hydrogen (secondary N) is 1. The Balaban J connectivity index is 1.61. The summed E-state index contributed by atoms with van der Waals surface area (Å²) in [4.78, 5) is 25.8. The van der Waals surface area contributed by atoms with E-state index in [9.17, 15) is 14.9 Å². The molecule has 36 heavy (non-hydrogen) atoms. The van der Waals surface area contributed by atoms with Crippen molar-refractivity contribution in [2.45, 2.75) is 13.8 Å². The van der Waals surface area contributed by atoms with Crippen molar-refractivity contribution >= 4 is 34.4 Å². The van der Waals surface area contributed by atoms with E-state index in [2.05, 4.69) is 5.32 Å². The molecule has 0 fully saturated rings. The van der Waals surface area contributed by atoms with Gasteiger partial charge in [0, 0.05) is 5.69 Å². The van der Waals surface area contributed by atoms with E-state index in [1.165, 1.54) is 13.2 Å². The third kappa shape index (κ3) is 5.26. The molecular formula is C30H24N2O4. The molecule has 0 heterocycles. The molecule has 0 bridgehead atoms. The Labute approximate surface area is 209 Å². The number of hydrogen-bond donors (Lipinski definition) is 1. The SMILES string of the molecule is COc1ccc(C=C(C#N)C(=O)Nc2ccc(C)c(C)c2)cc1OC(=O)c1cccc2ccccc12. The number of nitrogens with zero attached hydrogens (tertiary/aromatic N) is 1. The number of nitriles is 1. The summed E-state index contributed by atoms with van der Waals surface area (Å²) in [6.07, 6.45) is 1.44. The third-order valence-electron chi connectivity index (χ3n) is 5.84. The van der Waals surface area contributed by atoms with E-state index < -0.39 is 11.9 Å². The molecule has 0 aliphatic heterocycles. The molecule has 0 spiro atoms. The van der Waals surface area contributed by atoms with Crippen molar-refractivity contribution < 1.29 is 19.1 Å². The number of amides is 1. The van der Waals surface area contributed by atoms with Crippen LogP contribution in [0.15, 0.2) is 84.4 Å². The lowest BCUT2D eigenvalue weighted by molar-refractivity contribution is -0.112. The molecular weight excluding hydrogens is 452 g/mol. The number of carbonyl (C=O) groups is 2. The van der Waals surface area contributed by atoms with Gasteiger partial charge in [0.15, 0.2) is 11.5 Å². The number of carbonyl (C=O) groups excluding carboxylic acids is 2. The van der Waals surface area contributed by atoms with Crippen LogP contribution < -0.4 is 14.8 Å². The molecule has 6 nitrogen and oxygen atoms in total. The molecule has 0 saturated heterocycles. The number of hydrogen-bond acceptors (Lipinski definition) is 5.